The number of carbonyl (C=O) groups excluding carboxylic acids is 3. The van der Waals surface area contributed by atoms with Gasteiger partial charge in [0.05, 0.1) is 23.4 Å². The van der Waals surface area contributed by atoms with Gasteiger partial charge in [0, 0.05) is 17.2 Å². The summed E-state index contributed by atoms with van der Waals surface area (Å²) >= 11 is 1.65. The molecule has 0 saturated carbocycles. The maximum absolute atomic E-state index is 12.4. The third-order valence-corrected chi connectivity index (χ3v) is 6.05. The highest BCUT2D eigenvalue weighted by Gasteiger charge is 2.35. The van der Waals surface area contributed by atoms with Crippen LogP contribution in [0, 0.1) is 0 Å². The number of ether oxygens (including phenoxy) is 1. The summed E-state index contributed by atoms with van der Waals surface area (Å²) < 4.78 is 5.00. The number of esters is 1. The van der Waals surface area contributed by atoms with Crippen LogP contribution in [0.25, 0.3) is 0 Å². The quantitative estimate of drug-likeness (QED) is 0.234. The highest BCUT2D eigenvalue weighted by molar-refractivity contribution is 7.99. The Morgan fingerprint density at radius 3 is 2.50 bits per heavy atom. The SMILES string of the molecule is CCCCCN1C(=O)C(=O)c2cc(SCCc3ccc(C(=O)OCC)cc3)ccc21. The van der Waals surface area contributed by atoms with Gasteiger partial charge in [0.1, 0.15) is 0 Å². The van der Waals surface area contributed by atoms with Gasteiger partial charge in [-0.1, -0.05) is 31.9 Å². The molecule has 1 aliphatic rings. The molecule has 2 aromatic carbocycles. The molecule has 0 aromatic heterocycles. The lowest BCUT2D eigenvalue weighted by Gasteiger charge is -2.16. The van der Waals surface area contributed by atoms with Gasteiger partial charge in [-0.3, -0.25) is 9.59 Å². The van der Waals surface area contributed by atoms with Crippen LogP contribution in [-0.4, -0.2) is 36.6 Å². The first-order valence-corrected chi connectivity index (χ1v) is 11.4. The van der Waals surface area contributed by atoms with Gasteiger partial charge < -0.3 is 9.64 Å². The van der Waals surface area contributed by atoms with Crippen molar-refractivity contribution in [3.05, 3.63) is 59.2 Å². The number of benzene rings is 2. The predicted molar refractivity (Wildman–Crippen MR) is 119 cm³/mol. The predicted octanol–water partition coefficient (Wildman–Crippen LogP) is 4.92. The monoisotopic (exact) mass is 425 g/mol. The first-order valence-electron chi connectivity index (χ1n) is 10.4. The Morgan fingerprint density at radius 1 is 1.03 bits per heavy atom. The Morgan fingerprint density at radius 2 is 1.80 bits per heavy atom. The summed E-state index contributed by atoms with van der Waals surface area (Å²) in [5.74, 6) is -0.289. The fourth-order valence-corrected chi connectivity index (χ4v) is 4.36. The van der Waals surface area contributed by atoms with E-state index in [1.807, 2.05) is 30.3 Å². The summed E-state index contributed by atoms with van der Waals surface area (Å²) in [5.41, 5.74) is 2.93. The summed E-state index contributed by atoms with van der Waals surface area (Å²) in [7, 11) is 0. The molecule has 0 aliphatic carbocycles. The number of thioether (sulfide) groups is 1. The number of carbonyl (C=O) groups is 3. The molecule has 6 heteroatoms. The maximum atomic E-state index is 12.4. The fraction of sp³-hybridized carbons (Fsp3) is 0.375. The van der Waals surface area contributed by atoms with E-state index in [2.05, 4.69) is 6.92 Å². The van der Waals surface area contributed by atoms with Gasteiger partial charge in [0.15, 0.2) is 0 Å². The molecule has 0 fully saturated rings. The number of fused-ring (bicyclic) bond motifs is 1. The Labute approximate surface area is 181 Å². The molecule has 0 N–H and O–H groups in total. The van der Waals surface area contributed by atoms with Crippen LogP contribution in [0.5, 0.6) is 0 Å². The molecule has 0 unspecified atom stereocenters. The highest BCUT2D eigenvalue weighted by Crippen LogP contribution is 2.33. The molecular formula is C24H27NO4S. The van der Waals surface area contributed by atoms with Gasteiger partial charge in [-0.2, -0.15) is 0 Å². The summed E-state index contributed by atoms with van der Waals surface area (Å²) in [4.78, 5) is 39.0. The van der Waals surface area contributed by atoms with Crippen molar-refractivity contribution in [2.24, 2.45) is 0 Å². The number of amides is 1. The third kappa shape index (κ3) is 5.11. The van der Waals surface area contributed by atoms with Gasteiger partial charge in [0.25, 0.3) is 11.7 Å². The van der Waals surface area contributed by atoms with Crippen molar-refractivity contribution >= 4 is 35.1 Å². The lowest BCUT2D eigenvalue weighted by molar-refractivity contribution is -0.114. The molecule has 30 heavy (non-hydrogen) atoms. The lowest BCUT2D eigenvalue weighted by atomic mass is 10.1. The summed E-state index contributed by atoms with van der Waals surface area (Å²) in [6.45, 7) is 4.86. The van der Waals surface area contributed by atoms with E-state index in [1.54, 1.807) is 35.7 Å². The average Bonchev–Trinajstić information content (AvgIpc) is 2.99. The molecule has 0 atom stereocenters. The summed E-state index contributed by atoms with van der Waals surface area (Å²) in [5, 5.41) is 0. The smallest absolute Gasteiger partial charge is 0.338 e. The minimum absolute atomic E-state index is 0.306. The largest absolute Gasteiger partial charge is 0.462 e. The number of rotatable bonds is 10. The van der Waals surface area contributed by atoms with Crippen molar-refractivity contribution in [1.82, 2.24) is 0 Å². The molecule has 0 radical (unpaired) electrons. The molecule has 158 valence electrons. The molecule has 0 spiro atoms. The van der Waals surface area contributed by atoms with E-state index < -0.39 is 11.7 Å². The number of unbranched alkanes of at least 4 members (excludes halogenated alkanes) is 2. The van der Waals surface area contributed by atoms with Crippen LogP contribution in [-0.2, 0) is 16.0 Å². The standard InChI is InChI=1S/C24H27NO4S/c1-3-5-6-14-25-21-12-11-19(16-20(21)22(26)23(25)27)30-15-13-17-7-9-18(10-8-17)24(28)29-4-2/h7-12,16H,3-6,13-15H2,1-2H3. The second-order valence-electron chi connectivity index (χ2n) is 7.19. The number of nitrogens with zero attached hydrogens (tertiary/aromatic N) is 1. The normalized spacial score (nSPS) is 12.9. The van der Waals surface area contributed by atoms with Crippen molar-refractivity contribution in [3.8, 4) is 0 Å². The highest BCUT2D eigenvalue weighted by atomic mass is 32.2. The van der Waals surface area contributed by atoms with Crippen molar-refractivity contribution in [2.45, 2.75) is 44.4 Å². The molecule has 1 aliphatic heterocycles. The molecule has 0 saturated heterocycles. The van der Waals surface area contributed by atoms with Gasteiger partial charge in [0.2, 0.25) is 0 Å². The van der Waals surface area contributed by atoms with E-state index in [0.29, 0.717) is 24.3 Å². The molecule has 2 aromatic rings. The third-order valence-electron chi connectivity index (χ3n) is 5.05. The van der Waals surface area contributed by atoms with Crippen molar-refractivity contribution in [2.75, 3.05) is 23.8 Å². The molecule has 5 nitrogen and oxygen atoms in total. The Hall–Kier alpha value is -2.60. The number of anilines is 1. The van der Waals surface area contributed by atoms with Crippen LogP contribution < -0.4 is 4.90 Å². The Bertz CT molecular complexity index is 923. The van der Waals surface area contributed by atoms with Gasteiger partial charge in [-0.05, 0) is 55.7 Å². The van der Waals surface area contributed by atoms with Crippen LogP contribution in [0.1, 0.15) is 59.4 Å². The molecule has 1 heterocycles. The maximum Gasteiger partial charge on any atom is 0.338 e. The van der Waals surface area contributed by atoms with Crippen molar-refractivity contribution in [3.63, 3.8) is 0 Å². The summed E-state index contributed by atoms with van der Waals surface area (Å²) in [6.07, 6.45) is 3.85. The number of hydrogen-bond donors (Lipinski definition) is 0. The zero-order chi connectivity index (χ0) is 21.5. The lowest BCUT2D eigenvalue weighted by Crippen LogP contribution is -2.30. The fourth-order valence-electron chi connectivity index (χ4n) is 3.42. The first-order chi connectivity index (χ1) is 14.5. The molecule has 0 bridgehead atoms. The second-order valence-corrected chi connectivity index (χ2v) is 8.36. The van der Waals surface area contributed by atoms with E-state index >= 15 is 0 Å². The van der Waals surface area contributed by atoms with E-state index in [9.17, 15) is 14.4 Å². The van der Waals surface area contributed by atoms with Crippen LogP contribution in [0.3, 0.4) is 0 Å². The topological polar surface area (TPSA) is 63.7 Å². The zero-order valence-corrected chi connectivity index (χ0v) is 18.3. The Kier molecular flexibility index (Phi) is 7.69. The minimum atomic E-state index is -0.412. The second kappa shape index (κ2) is 10.4. The van der Waals surface area contributed by atoms with Gasteiger partial charge in [-0.15, -0.1) is 11.8 Å². The van der Waals surface area contributed by atoms with E-state index in [-0.39, 0.29) is 5.97 Å². The van der Waals surface area contributed by atoms with Crippen molar-refractivity contribution in [1.29, 1.82) is 0 Å². The van der Waals surface area contributed by atoms with E-state index in [4.69, 9.17) is 4.74 Å². The zero-order valence-electron chi connectivity index (χ0n) is 17.5. The number of Topliss-reactive ketones (excluding diaryl/α,β-unsaturated/α-hetero) is 1. The minimum Gasteiger partial charge on any atom is -0.462 e. The first kappa shape index (κ1) is 22.1. The van der Waals surface area contributed by atoms with Crippen LogP contribution in [0.15, 0.2) is 47.4 Å². The van der Waals surface area contributed by atoms with Crippen molar-refractivity contribution < 1.29 is 19.1 Å². The van der Waals surface area contributed by atoms with Crippen LogP contribution in [0.4, 0.5) is 5.69 Å². The van der Waals surface area contributed by atoms with Crippen LogP contribution in [0.2, 0.25) is 0 Å². The molecule has 1 amide bonds. The number of aryl methyl sites for hydroxylation is 1. The van der Waals surface area contributed by atoms with E-state index in [1.165, 1.54) is 0 Å². The molecule has 3 rings (SSSR count). The van der Waals surface area contributed by atoms with Gasteiger partial charge in [-0.25, -0.2) is 4.79 Å². The average molecular weight is 426 g/mol. The Balaban J connectivity index is 1.58. The van der Waals surface area contributed by atoms with Gasteiger partial charge >= 0.3 is 5.97 Å². The number of hydrogen-bond acceptors (Lipinski definition) is 5. The summed E-state index contributed by atoms with van der Waals surface area (Å²) in [6, 6.07) is 13.1. The van der Waals surface area contributed by atoms with E-state index in [0.717, 1.165) is 47.6 Å². The molecular weight excluding hydrogens is 398 g/mol. The van der Waals surface area contributed by atoms with Crippen LogP contribution >= 0.6 is 11.8 Å². The number of ketones is 1.